The van der Waals surface area contributed by atoms with Crippen LogP contribution in [0.4, 0.5) is 19.3 Å². The Balaban J connectivity index is 1.65. The average Bonchev–Trinajstić information content (AvgIpc) is 2.67. The molecule has 3 rings (SSSR count). The summed E-state index contributed by atoms with van der Waals surface area (Å²) < 4.78 is 25.5. The van der Waals surface area contributed by atoms with E-state index >= 15 is 0 Å². The van der Waals surface area contributed by atoms with Crippen molar-refractivity contribution < 1.29 is 18.7 Å². The number of nitrogens with zero attached hydrogens (tertiary/aromatic N) is 2. The molecule has 1 aliphatic heterocycles. The average molecular weight is 428 g/mol. The predicted octanol–water partition coefficient (Wildman–Crippen LogP) is 5.14. The van der Waals surface area contributed by atoms with Crippen molar-refractivity contribution in [2.45, 2.75) is 19.5 Å². The zero-order chi connectivity index (χ0) is 20.3. The van der Waals surface area contributed by atoms with Crippen LogP contribution in [0.5, 0.6) is 0 Å². The minimum absolute atomic E-state index is 0.0966. The van der Waals surface area contributed by atoms with Crippen LogP contribution in [-0.4, -0.2) is 34.1 Å². The molecule has 2 N–H and O–H groups in total. The third-order valence-corrected chi connectivity index (χ3v) is 4.98. The Kier molecular flexibility index (Phi) is 6.49. The molecule has 9 heteroatoms. The molecule has 0 fully saturated rings. The molecule has 0 radical (unpaired) electrons. The summed E-state index contributed by atoms with van der Waals surface area (Å²) in [6, 6.07) is 5.20. The molecule has 0 spiro atoms. The van der Waals surface area contributed by atoms with E-state index in [1.54, 1.807) is 17.2 Å². The number of aliphatic hydroxyl groups is 1. The van der Waals surface area contributed by atoms with Gasteiger partial charge >= 0.3 is 6.03 Å². The molecule has 1 aromatic heterocycles. The maximum Gasteiger partial charge on any atom is 0.322 e. The summed E-state index contributed by atoms with van der Waals surface area (Å²) in [6.45, 7) is 0.659. The number of nitrogens with one attached hydrogen (secondary N) is 1. The topological polar surface area (TPSA) is 65.5 Å². The number of carbonyl (C=O) groups is 1. The molecule has 0 aliphatic carbocycles. The summed E-state index contributed by atoms with van der Waals surface area (Å²) in [5.74, 6) is 0. The largest absolute Gasteiger partial charge is 0.392 e. The standard InChI is InChI=1S/C19H17Cl2F2N3O2/c20-15-8-13(1-2-14(15)18(22)23)25-19(28)26-5-3-12(4-6-26)17-16(21)7-11(10-27)9-24-17/h1-3,7-9,18,27H,4-6,10H2,(H,25,28). The molecule has 2 aromatic rings. The van der Waals surface area contributed by atoms with Gasteiger partial charge in [0.25, 0.3) is 6.43 Å². The monoisotopic (exact) mass is 427 g/mol. The van der Waals surface area contributed by atoms with E-state index in [-0.39, 0.29) is 23.2 Å². The van der Waals surface area contributed by atoms with Gasteiger partial charge in [-0.3, -0.25) is 4.98 Å². The summed E-state index contributed by atoms with van der Waals surface area (Å²) in [5, 5.41) is 12.1. The second kappa shape index (κ2) is 8.86. The molecule has 0 saturated heterocycles. The summed E-state index contributed by atoms with van der Waals surface area (Å²) in [4.78, 5) is 18.3. The number of rotatable bonds is 4. The number of amides is 2. The number of pyridine rings is 1. The summed E-state index contributed by atoms with van der Waals surface area (Å²) in [7, 11) is 0. The number of aliphatic hydroxyl groups excluding tert-OH is 1. The van der Waals surface area contributed by atoms with Crippen molar-refractivity contribution >= 4 is 40.5 Å². The summed E-state index contributed by atoms with van der Waals surface area (Å²) in [5.41, 5.74) is 2.25. The van der Waals surface area contributed by atoms with Gasteiger partial charge in [0.15, 0.2) is 0 Å². The molecular weight excluding hydrogens is 411 g/mol. The fourth-order valence-corrected chi connectivity index (χ4v) is 3.43. The first-order valence-corrected chi connectivity index (χ1v) is 9.23. The Morgan fingerprint density at radius 1 is 1.29 bits per heavy atom. The first kappa shape index (κ1) is 20.5. The minimum Gasteiger partial charge on any atom is -0.392 e. The molecule has 2 amide bonds. The second-order valence-electron chi connectivity index (χ2n) is 6.22. The van der Waals surface area contributed by atoms with Crippen molar-refractivity contribution in [3.63, 3.8) is 0 Å². The number of alkyl halides is 2. The SMILES string of the molecule is O=C(Nc1ccc(C(F)F)c(Cl)c1)N1CC=C(c2ncc(CO)cc2Cl)CC1. The zero-order valence-electron chi connectivity index (χ0n) is 14.6. The van der Waals surface area contributed by atoms with Crippen LogP contribution < -0.4 is 5.32 Å². The number of benzene rings is 1. The van der Waals surface area contributed by atoms with E-state index in [2.05, 4.69) is 10.3 Å². The van der Waals surface area contributed by atoms with Crippen LogP contribution in [0.3, 0.4) is 0 Å². The van der Waals surface area contributed by atoms with E-state index < -0.39 is 6.43 Å². The minimum atomic E-state index is -2.67. The number of anilines is 1. The van der Waals surface area contributed by atoms with E-state index in [9.17, 15) is 13.6 Å². The van der Waals surface area contributed by atoms with Crippen molar-refractivity contribution in [2.24, 2.45) is 0 Å². The quantitative estimate of drug-likeness (QED) is 0.709. The molecular formula is C19H17Cl2F2N3O2. The zero-order valence-corrected chi connectivity index (χ0v) is 16.1. The molecule has 148 valence electrons. The number of hydrogen-bond acceptors (Lipinski definition) is 3. The van der Waals surface area contributed by atoms with E-state index in [0.717, 1.165) is 5.57 Å². The first-order valence-electron chi connectivity index (χ1n) is 8.47. The fraction of sp³-hybridized carbons (Fsp3) is 0.263. The van der Waals surface area contributed by atoms with Gasteiger partial charge < -0.3 is 15.3 Å². The molecule has 0 saturated carbocycles. The molecule has 0 bridgehead atoms. The Labute approximate surface area is 170 Å². The van der Waals surface area contributed by atoms with E-state index in [1.165, 1.54) is 18.2 Å². The highest BCUT2D eigenvalue weighted by atomic mass is 35.5. The van der Waals surface area contributed by atoms with Crippen LogP contribution in [0.15, 0.2) is 36.5 Å². The lowest BCUT2D eigenvalue weighted by Gasteiger charge is -2.27. The van der Waals surface area contributed by atoms with Crippen LogP contribution in [0.1, 0.15) is 29.7 Å². The highest BCUT2D eigenvalue weighted by molar-refractivity contribution is 6.32. The van der Waals surface area contributed by atoms with Crippen LogP contribution >= 0.6 is 23.2 Å². The van der Waals surface area contributed by atoms with Gasteiger partial charge in [-0.1, -0.05) is 29.3 Å². The number of urea groups is 1. The lowest BCUT2D eigenvalue weighted by molar-refractivity contribution is 0.151. The summed E-state index contributed by atoms with van der Waals surface area (Å²) in [6.07, 6.45) is 1.32. The van der Waals surface area contributed by atoms with E-state index in [0.29, 0.717) is 41.5 Å². The Bertz CT molecular complexity index is 922. The molecule has 28 heavy (non-hydrogen) atoms. The fourth-order valence-electron chi connectivity index (χ4n) is 2.85. The second-order valence-corrected chi connectivity index (χ2v) is 7.04. The third-order valence-electron chi connectivity index (χ3n) is 4.37. The Morgan fingerprint density at radius 3 is 2.64 bits per heavy atom. The number of halogens is 4. The number of hydrogen-bond donors (Lipinski definition) is 2. The van der Waals surface area contributed by atoms with Gasteiger partial charge in [-0.05, 0) is 41.8 Å². The molecule has 0 atom stereocenters. The first-order chi connectivity index (χ1) is 13.4. The molecule has 5 nitrogen and oxygen atoms in total. The smallest absolute Gasteiger partial charge is 0.322 e. The Hall–Kier alpha value is -2.22. The van der Waals surface area contributed by atoms with Crippen molar-refractivity contribution in [3.05, 3.63) is 63.4 Å². The van der Waals surface area contributed by atoms with Crippen LogP contribution in [0.2, 0.25) is 10.0 Å². The lowest BCUT2D eigenvalue weighted by atomic mass is 10.0. The van der Waals surface area contributed by atoms with Crippen molar-refractivity contribution in [1.29, 1.82) is 0 Å². The normalized spacial score (nSPS) is 14.2. The number of carbonyl (C=O) groups excluding carboxylic acids is 1. The van der Waals surface area contributed by atoms with Gasteiger partial charge in [-0.2, -0.15) is 0 Å². The maximum atomic E-state index is 12.7. The van der Waals surface area contributed by atoms with Crippen molar-refractivity contribution in [3.8, 4) is 0 Å². The van der Waals surface area contributed by atoms with Gasteiger partial charge in [0, 0.05) is 30.5 Å². The molecule has 0 unspecified atom stereocenters. The van der Waals surface area contributed by atoms with Gasteiger partial charge in [-0.15, -0.1) is 0 Å². The van der Waals surface area contributed by atoms with E-state index in [4.69, 9.17) is 28.3 Å². The maximum absolute atomic E-state index is 12.7. The van der Waals surface area contributed by atoms with Gasteiger partial charge in [-0.25, -0.2) is 13.6 Å². The highest BCUT2D eigenvalue weighted by Gasteiger charge is 2.20. The van der Waals surface area contributed by atoms with Gasteiger partial charge in [0.05, 0.1) is 22.3 Å². The molecule has 1 aliphatic rings. The van der Waals surface area contributed by atoms with Crippen molar-refractivity contribution in [1.82, 2.24) is 9.88 Å². The van der Waals surface area contributed by atoms with Crippen LogP contribution in [0.25, 0.3) is 5.57 Å². The van der Waals surface area contributed by atoms with Crippen LogP contribution in [-0.2, 0) is 6.61 Å². The number of aromatic nitrogens is 1. The van der Waals surface area contributed by atoms with Crippen LogP contribution in [0, 0.1) is 0 Å². The highest BCUT2D eigenvalue weighted by Crippen LogP contribution is 2.30. The van der Waals surface area contributed by atoms with Gasteiger partial charge in [0.2, 0.25) is 0 Å². The van der Waals surface area contributed by atoms with Gasteiger partial charge in [0.1, 0.15) is 0 Å². The van der Waals surface area contributed by atoms with E-state index in [1.807, 2.05) is 6.08 Å². The van der Waals surface area contributed by atoms with Crippen molar-refractivity contribution in [2.75, 3.05) is 18.4 Å². The third kappa shape index (κ3) is 4.60. The predicted molar refractivity (Wildman–Crippen MR) is 105 cm³/mol. The Morgan fingerprint density at radius 2 is 2.07 bits per heavy atom. The lowest BCUT2D eigenvalue weighted by Crippen LogP contribution is -2.38. The molecule has 2 heterocycles. The summed E-state index contributed by atoms with van der Waals surface area (Å²) >= 11 is 12.1. The molecule has 1 aromatic carbocycles.